The van der Waals surface area contributed by atoms with E-state index in [0.717, 1.165) is 18.8 Å². The van der Waals surface area contributed by atoms with Crippen LogP contribution in [0.1, 0.15) is 47.7 Å². The Morgan fingerprint density at radius 3 is 2.59 bits per heavy atom. The summed E-state index contributed by atoms with van der Waals surface area (Å²) >= 11 is 0. The topological polar surface area (TPSA) is 62.9 Å². The number of Topliss-reactive ketones (excluding diaryl/α,β-unsaturated/α-hetero) is 1. The summed E-state index contributed by atoms with van der Waals surface area (Å²) in [6.45, 7) is 8.90. The highest BCUT2D eigenvalue weighted by Crippen LogP contribution is 2.40. The molecule has 5 nitrogen and oxygen atoms in total. The summed E-state index contributed by atoms with van der Waals surface area (Å²) in [7, 11) is 0. The van der Waals surface area contributed by atoms with Crippen LogP contribution in [-0.4, -0.2) is 28.9 Å². The van der Waals surface area contributed by atoms with Crippen LogP contribution in [0.3, 0.4) is 0 Å². The molecule has 2 aromatic rings. The molecule has 0 unspecified atom stereocenters. The van der Waals surface area contributed by atoms with Crippen LogP contribution in [0.4, 0.5) is 0 Å². The first-order chi connectivity index (χ1) is 12.9. The predicted octanol–water partition coefficient (Wildman–Crippen LogP) is 4.39. The van der Waals surface area contributed by atoms with Gasteiger partial charge >= 0.3 is 0 Å². The van der Waals surface area contributed by atoms with Gasteiger partial charge in [0.05, 0.1) is 11.1 Å². The second-order valence-corrected chi connectivity index (χ2v) is 7.97. The van der Waals surface area contributed by atoms with Gasteiger partial charge in [0.15, 0.2) is 5.76 Å². The molecule has 5 heteroatoms. The second kappa shape index (κ2) is 6.89. The van der Waals surface area contributed by atoms with Crippen molar-refractivity contribution in [3.05, 3.63) is 52.7 Å². The van der Waals surface area contributed by atoms with E-state index in [1.54, 1.807) is 24.3 Å². The normalized spacial score (nSPS) is 24.3. The first kappa shape index (κ1) is 17.9. The lowest BCUT2D eigenvalue weighted by molar-refractivity contribution is 0.101. The van der Waals surface area contributed by atoms with E-state index in [9.17, 15) is 9.90 Å². The monoisotopic (exact) mass is 367 g/mol. The van der Waals surface area contributed by atoms with E-state index >= 15 is 0 Å². The van der Waals surface area contributed by atoms with Crippen molar-refractivity contribution in [2.75, 3.05) is 13.1 Å². The first-order valence-corrected chi connectivity index (χ1v) is 9.48. The Balaban J connectivity index is 1.63. The minimum atomic E-state index is -0.180. The lowest BCUT2D eigenvalue weighted by Gasteiger charge is -2.35. The Morgan fingerprint density at radius 1 is 1.19 bits per heavy atom. The molecule has 0 bridgehead atoms. The van der Waals surface area contributed by atoms with E-state index in [0.29, 0.717) is 41.0 Å². The van der Waals surface area contributed by atoms with Crippen LogP contribution in [0.25, 0.3) is 6.08 Å². The number of aryl methyl sites for hydroxylation is 1. The number of carbonyl (C=O) groups excluding carboxylic acids is 1. The predicted molar refractivity (Wildman–Crippen MR) is 103 cm³/mol. The maximum absolute atomic E-state index is 12.7. The number of fused-ring (bicyclic) bond motifs is 1. The zero-order chi connectivity index (χ0) is 19.1. The summed E-state index contributed by atoms with van der Waals surface area (Å²) in [6.07, 6.45) is 2.83. The van der Waals surface area contributed by atoms with Gasteiger partial charge in [0.1, 0.15) is 23.0 Å². The molecular weight excluding hydrogens is 342 g/mol. The van der Waals surface area contributed by atoms with Gasteiger partial charge in [-0.3, -0.25) is 9.69 Å². The third kappa shape index (κ3) is 3.52. The molecule has 27 heavy (non-hydrogen) atoms. The molecule has 2 atom stereocenters. The molecule has 3 heterocycles. The molecule has 1 aromatic carbocycles. The number of likely N-dealkylation sites (tertiary alicyclic amines) is 1. The van der Waals surface area contributed by atoms with Gasteiger partial charge in [-0.05, 0) is 49.4 Å². The lowest BCUT2D eigenvalue weighted by atomic mass is 9.91. The zero-order valence-corrected chi connectivity index (χ0v) is 16.0. The third-order valence-electron chi connectivity index (χ3n) is 5.28. The number of phenolic OH excluding ortho intramolecular Hbond substituents is 1. The number of ketones is 1. The molecule has 0 spiro atoms. The van der Waals surface area contributed by atoms with Gasteiger partial charge in [-0.25, -0.2) is 0 Å². The second-order valence-electron chi connectivity index (χ2n) is 7.97. The highest BCUT2D eigenvalue weighted by Gasteiger charge is 2.33. The molecular formula is C22H25NO4. The van der Waals surface area contributed by atoms with Crippen LogP contribution in [0, 0.1) is 18.8 Å². The number of ether oxygens (including phenoxy) is 1. The smallest absolute Gasteiger partial charge is 0.232 e. The average molecular weight is 367 g/mol. The SMILES string of the molecule is Cc1ccc(/C=C2\Oc3c(ccc(O)c3CN3C[C@H](C)C[C@H](C)C3)C2=O)o1. The Hall–Kier alpha value is -2.53. The number of benzene rings is 1. The Kier molecular flexibility index (Phi) is 4.56. The quantitative estimate of drug-likeness (QED) is 0.815. The van der Waals surface area contributed by atoms with Crippen LogP contribution in [0.2, 0.25) is 0 Å². The molecule has 0 aliphatic carbocycles. The molecule has 0 radical (unpaired) electrons. The highest BCUT2D eigenvalue weighted by atomic mass is 16.5. The Morgan fingerprint density at radius 2 is 1.93 bits per heavy atom. The van der Waals surface area contributed by atoms with Gasteiger partial charge in [0, 0.05) is 25.7 Å². The van der Waals surface area contributed by atoms with Crippen molar-refractivity contribution in [3.63, 3.8) is 0 Å². The van der Waals surface area contributed by atoms with Crippen molar-refractivity contribution in [2.24, 2.45) is 11.8 Å². The number of hydrogen-bond acceptors (Lipinski definition) is 5. The fourth-order valence-electron chi connectivity index (χ4n) is 4.25. The van der Waals surface area contributed by atoms with Crippen molar-refractivity contribution in [1.29, 1.82) is 0 Å². The highest BCUT2D eigenvalue weighted by molar-refractivity contribution is 6.14. The summed E-state index contributed by atoms with van der Waals surface area (Å²) in [5.41, 5.74) is 1.18. The number of aromatic hydroxyl groups is 1. The molecule has 1 aromatic heterocycles. The summed E-state index contributed by atoms with van der Waals surface area (Å²) < 4.78 is 11.4. The van der Waals surface area contributed by atoms with E-state index in [-0.39, 0.29) is 17.3 Å². The standard InChI is InChI=1S/C22H25NO4/c1-13-8-14(2)11-23(10-13)12-18-19(24)7-6-17-21(25)20(27-22(17)18)9-16-5-4-15(3)26-16/h4-7,9,13-14,24H,8,10-12H2,1-3H3/b20-9-/t13-,14+. The van der Waals surface area contributed by atoms with Crippen LogP contribution in [-0.2, 0) is 6.54 Å². The Labute approximate surface area is 159 Å². The fraction of sp³-hybridized carbons (Fsp3) is 0.409. The minimum Gasteiger partial charge on any atom is -0.507 e. The molecule has 142 valence electrons. The van der Waals surface area contributed by atoms with E-state index in [1.165, 1.54) is 6.42 Å². The number of rotatable bonds is 3. The average Bonchev–Trinajstić information content (AvgIpc) is 3.14. The van der Waals surface area contributed by atoms with E-state index < -0.39 is 0 Å². The lowest BCUT2D eigenvalue weighted by Crippen LogP contribution is -2.38. The van der Waals surface area contributed by atoms with Crippen molar-refractivity contribution in [2.45, 2.75) is 33.7 Å². The van der Waals surface area contributed by atoms with Gasteiger partial charge in [0.25, 0.3) is 0 Å². The van der Waals surface area contributed by atoms with Gasteiger partial charge in [0.2, 0.25) is 5.78 Å². The third-order valence-corrected chi connectivity index (χ3v) is 5.28. The van der Waals surface area contributed by atoms with Crippen LogP contribution in [0.5, 0.6) is 11.5 Å². The molecule has 2 aliphatic heterocycles. The summed E-state index contributed by atoms with van der Waals surface area (Å²) in [5.74, 6) is 3.28. The molecule has 1 N–H and O–H groups in total. The van der Waals surface area contributed by atoms with Crippen LogP contribution in [0.15, 0.2) is 34.4 Å². The minimum absolute atomic E-state index is 0.169. The Bertz CT molecular complexity index is 901. The molecule has 0 saturated carbocycles. The van der Waals surface area contributed by atoms with Crippen LogP contribution < -0.4 is 4.74 Å². The number of furan rings is 1. The number of piperidine rings is 1. The summed E-state index contributed by atoms with van der Waals surface area (Å²) in [6, 6.07) is 6.87. The number of phenols is 1. The molecule has 2 aliphatic rings. The first-order valence-electron chi connectivity index (χ1n) is 9.48. The van der Waals surface area contributed by atoms with Crippen molar-refractivity contribution < 1.29 is 19.1 Å². The van der Waals surface area contributed by atoms with Crippen LogP contribution >= 0.6 is 0 Å². The van der Waals surface area contributed by atoms with Crippen molar-refractivity contribution in [3.8, 4) is 11.5 Å². The van der Waals surface area contributed by atoms with Gasteiger partial charge in [-0.1, -0.05) is 13.8 Å². The molecule has 4 rings (SSSR count). The molecule has 0 amide bonds. The number of hydrogen-bond donors (Lipinski definition) is 1. The van der Waals surface area contributed by atoms with Gasteiger partial charge in [-0.2, -0.15) is 0 Å². The largest absolute Gasteiger partial charge is 0.507 e. The van der Waals surface area contributed by atoms with Gasteiger partial charge < -0.3 is 14.3 Å². The van der Waals surface area contributed by atoms with Crippen molar-refractivity contribution >= 4 is 11.9 Å². The molecule has 1 saturated heterocycles. The number of carbonyl (C=O) groups is 1. The zero-order valence-electron chi connectivity index (χ0n) is 16.0. The maximum Gasteiger partial charge on any atom is 0.232 e. The number of nitrogens with zero attached hydrogens (tertiary/aromatic N) is 1. The van der Waals surface area contributed by atoms with E-state index in [2.05, 4.69) is 18.7 Å². The van der Waals surface area contributed by atoms with Crippen molar-refractivity contribution in [1.82, 2.24) is 4.90 Å². The summed E-state index contributed by atoms with van der Waals surface area (Å²) in [4.78, 5) is 15.1. The fourth-order valence-corrected chi connectivity index (χ4v) is 4.25. The number of allylic oxidation sites excluding steroid dienone is 1. The van der Waals surface area contributed by atoms with E-state index in [4.69, 9.17) is 9.15 Å². The molecule has 1 fully saturated rings. The summed E-state index contributed by atoms with van der Waals surface area (Å²) in [5, 5.41) is 10.4. The maximum atomic E-state index is 12.7. The van der Waals surface area contributed by atoms with Gasteiger partial charge in [-0.15, -0.1) is 0 Å². The van der Waals surface area contributed by atoms with E-state index in [1.807, 2.05) is 13.0 Å².